The highest BCUT2D eigenvalue weighted by Crippen LogP contribution is 2.31. The number of amides is 2. The van der Waals surface area contributed by atoms with Gasteiger partial charge >= 0.3 is 0 Å². The van der Waals surface area contributed by atoms with Gasteiger partial charge in [-0.3, -0.25) is 19.0 Å². The second-order valence-electron chi connectivity index (χ2n) is 8.32. The van der Waals surface area contributed by atoms with Crippen molar-refractivity contribution in [2.45, 2.75) is 33.4 Å². The SMILES string of the molecule is Cc1ccc(-c2csc3ncn(CC(=O)N(CCC(N)=O)Cc4ccccc4)c(=O)c23)cc1C. The Bertz CT molecular complexity index is 1410. The first-order valence-corrected chi connectivity index (χ1v) is 11.9. The Balaban J connectivity index is 1.65. The van der Waals surface area contributed by atoms with Gasteiger partial charge in [0.1, 0.15) is 11.4 Å². The van der Waals surface area contributed by atoms with E-state index in [0.717, 1.165) is 22.3 Å². The number of nitrogens with zero attached hydrogens (tertiary/aromatic N) is 3. The average Bonchev–Trinajstić information content (AvgIpc) is 3.25. The molecule has 34 heavy (non-hydrogen) atoms. The van der Waals surface area contributed by atoms with E-state index in [9.17, 15) is 14.4 Å². The van der Waals surface area contributed by atoms with Crippen LogP contribution in [0.25, 0.3) is 21.3 Å². The van der Waals surface area contributed by atoms with E-state index in [1.54, 1.807) is 4.90 Å². The summed E-state index contributed by atoms with van der Waals surface area (Å²) >= 11 is 1.41. The van der Waals surface area contributed by atoms with Crippen molar-refractivity contribution >= 4 is 33.4 Å². The summed E-state index contributed by atoms with van der Waals surface area (Å²) in [4.78, 5) is 44.6. The van der Waals surface area contributed by atoms with Gasteiger partial charge in [0, 0.05) is 30.5 Å². The number of nitrogens with two attached hydrogens (primary N) is 1. The molecule has 0 fully saturated rings. The van der Waals surface area contributed by atoms with Crippen molar-refractivity contribution in [1.29, 1.82) is 0 Å². The van der Waals surface area contributed by atoms with E-state index in [0.29, 0.717) is 16.8 Å². The van der Waals surface area contributed by atoms with Gasteiger partial charge in [-0.25, -0.2) is 4.98 Å². The molecule has 0 spiro atoms. The van der Waals surface area contributed by atoms with Crippen LogP contribution in [0.5, 0.6) is 0 Å². The van der Waals surface area contributed by atoms with Gasteiger partial charge < -0.3 is 10.6 Å². The second kappa shape index (κ2) is 10.0. The third-order valence-electron chi connectivity index (χ3n) is 5.88. The van der Waals surface area contributed by atoms with E-state index >= 15 is 0 Å². The van der Waals surface area contributed by atoms with Crippen molar-refractivity contribution < 1.29 is 9.59 Å². The molecule has 2 aromatic heterocycles. The number of rotatable bonds is 8. The van der Waals surface area contributed by atoms with Gasteiger partial charge in [-0.05, 0) is 36.1 Å². The zero-order valence-electron chi connectivity index (χ0n) is 19.2. The summed E-state index contributed by atoms with van der Waals surface area (Å²) in [5.41, 5.74) is 10.1. The summed E-state index contributed by atoms with van der Waals surface area (Å²) < 4.78 is 1.34. The lowest BCUT2D eigenvalue weighted by Gasteiger charge is -2.23. The monoisotopic (exact) mass is 474 g/mol. The molecule has 0 bridgehead atoms. The van der Waals surface area contributed by atoms with Gasteiger partial charge in [0.2, 0.25) is 11.8 Å². The highest BCUT2D eigenvalue weighted by atomic mass is 32.1. The van der Waals surface area contributed by atoms with Crippen molar-refractivity contribution in [2.75, 3.05) is 6.54 Å². The topological polar surface area (TPSA) is 98.3 Å². The van der Waals surface area contributed by atoms with E-state index in [1.165, 1.54) is 27.8 Å². The molecule has 7 nitrogen and oxygen atoms in total. The van der Waals surface area contributed by atoms with Crippen LogP contribution >= 0.6 is 11.3 Å². The number of carbonyl (C=O) groups is 2. The number of benzene rings is 2. The smallest absolute Gasteiger partial charge is 0.263 e. The fourth-order valence-electron chi connectivity index (χ4n) is 3.79. The Hall–Kier alpha value is -3.78. The maximum Gasteiger partial charge on any atom is 0.263 e. The fourth-order valence-corrected chi connectivity index (χ4v) is 4.69. The molecule has 4 aromatic rings. The van der Waals surface area contributed by atoms with Crippen molar-refractivity contribution in [3.05, 3.63) is 87.3 Å². The first-order valence-electron chi connectivity index (χ1n) is 11.0. The lowest BCUT2D eigenvalue weighted by molar-refractivity contribution is -0.133. The fraction of sp³-hybridized carbons (Fsp3) is 0.231. The minimum absolute atomic E-state index is 0.0478. The Morgan fingerprint density at radius 2 is 1.85 bits per heavy atom. The molecule has 0 saturated carbocycles. The van der Waals surface area contributed by atoms with Crippen molar-refractivity contribution in [2.24, 2.45) is 5.73 Å². The largest absolute Gasteiger partial charge is 0.370 e. The third kappa shape index (κ3) is 5.07. The lowest BCUT2D eigenvalue weighted by atomic mass is 10.0. The van der Waals surface area contributed by atoms with E-state index < -0.39 is 5.91 Å². The van der Waals surface area contributed by atoms with Crippen molar-refractivity contribution in [3.63, 3.8) is 0 Å². The highest BCUT2D eigenvalue weighted by molar-refractivity contribution is 7.17. The standard InChI is InChI=1S/C26H26N4O3S/c1-17-8-9-20(12-18(17)2)21-15-34-25-24(21)26(33)30(16-28-25)14-23(32)29(11-10-22(27)31)13-19-6-4-3-5-7-19/h3-9,12,15-16H,10-11,13-14H2,1-2H3,(H2,27,31). The summed E-state index contributed by atoms with van der Waals surface area (Å²) in [7, 11) is 0. The predicted molar refractivity (Wildman–Crippen MR) is 134 cm³/mol. The van der Waals surface area contributed by atoms with E-state index in [2.05, 4.69) is 11.1 Å². The number of hydrogen-bond donors (Lipinski definition) is 1. The molecule has 2 aromatic carbocycles. The quantitative estimate of drug-likeness (QED) is 0.421. The zero-order valence-corrected chi connectivity index (χ0v) is 20.0. The average molecular weight is 475 g/mol. The number of carbonyl (C=O) groups excluding carboxylic acids is 2. The molecule has 0 saturated heterocycles. The van der Waals surface area contributed by atoms with Crippen LogP contribution in [-0.4, -0.2) is 32.8 Å². The molecule has 4 rings (SSSR count). The van der Waals surface area contributed by atoms with E-state index in [1.807, 2.05) is 61.7 Å². The van der Waals surface area contributed by atoms with Gasteiger partial charge in [-0.1, -0.05) is 48.5 Å². The summed E-state index contributed by atoms with van der Waals surface area (Å²) in [6.07, 6.45) is 1.46. The minimum atomic E-state index is -0.484. The van der Waals surface area contributed by atoms with Crippen LogP contribution < -0.4 is 11.3 Å². The molecule has 2 amide bonds. The lowest BCUT2D eigenvalue weighted by Crippen LogP contribution is -2.38. The van der Waals surface area contributed by atoms with Gasteiger partial charge in [-0.2, -0.15) is 0 Å². The van der Waals surface area contributed by atoms with Crippen LogP contribution in [0.15, 0.2) is 65.0 Å². The molecular formula is C26H26N4O3S. The predicted octanol–water partition coefficient (Wildman–Crippen LogP) is 3.65. The molecule has 0 atom stereocenters. The maximum absolute atomic E-state index is 13.4. The molecule has 174 valence electrons. The summed E-state index contributed by atoms with van der Waals surface area (Å²) in [5, 5.41) is 2.44. The van der Waals surface area contributed by atoms with Gasteiger partial charge in [0.15, 0.2) is 0 Å². The van der Waals surface area contributed by atoms with Crippen LogP contribution in [0.1, 0.15) is 23.1 Å². The maximum atomic E-state index is 13.4. The van der Waals surface area contributed by atoms with Gasteiger partial charge in [0.05, 0.1) is 11.7 Å². The molecule has 2 heterocycles. The molecular weight excluding hydrogens is 448 g/mol. The molecule has 0 radical (unpaired) electrons. The molecule has 0 aliphatic carbocycles. The van der Waals surface area contributed by atoms with Crippen LogP contribution in [0.4, 0.5) is 0 Å². The van der Waals surface area contributed by atoms with Crippen LogP contribution in [-0.2, 0) is 22.7 Å². The Morgan fingerprint density at radius 3 is 2.56 bits per heavy atom. The first kappa shape index (κ1) is 23.4. The number of hydrogen-bond acceptors (Lipinski definition) is 5. The van der Waals surface area contributed by atoms with Crippen LogP contribution in [0.3, 0.4) is 0 Å². The second-order valence-corrected chi connectivity index (χ2v) is 9.18. The van der Waals surface area contributed by atoms with Crippen molar-refractivity contribution in [3.8, 4) is 11.1 Å². The van der Waals surface area contributed by atoms with Crippen LogP contribution in [0, 0.1) is 13.8 Å². The van der Waals surface area contributed by atoms with Crippen molar-refractivity contribution in [1.82, 2.24) is 14.5 Å². The zero-order chi connectivity index (χ0) is 24.2. The summed E-state index contributed by atoms with van der Waals surface area (Å²) in [6.45, 7) is 4.42. The number of primary amides is 1. The molecule has 0 unspecified atom stereocenters. The third-order valence-corrected chi connectivity index (χ3v) is 6.77. The molecule has 2 N–H and O–H groups in total. The Morgan fingerprint density at radius 1 is 1.09 bits per heavy atom. The van der Waals surface area contributed by atoms with Crippen LogP contribution in [0.2, 0.25) is 0 Å². The summed E-state index contributed by atoms with van der Waals surface area (Å²) in [6, 6.07) is 15.6. The summed E-state index contributed by atoms with van der Waals surface area (Å²) in [5.74, 6) is -0.765. The molecule has 8 heteroatoms. The van der Waals surface area contributed by atoms with Gasteiger partial charge in [0.25, 0.3) is 5.56 Å². The van der Waals surface area contributed by atoms with Gasteiger partial charge in [-0.15, -0.1) is 11.3 Å². The van der Waals surface area contributed by atoms with E-state index in [-0.39, 0.29) is 31.0 Å². The number of fused-ring (bicyclic) bond motifs is 1. The molecule has 0 aliphatic rings. The minimum Gasteiger partial charge on any atom is -0.370 e. The molecule has 0 aliphatic heterocycles. The highest BCUT2D eigenvalue weighted by Gasteiger charge is 2.19. The Kier molecular flexibility index (Phi) is 6.88. The normalized spacial score (nSPS) is 11.0. The first-order chi connectivity index (χ1) is 16.3. The van der Waals surface area contributed by atoms with E-state index in [4.69, 9.17) is 5.73 Å². The Labute approximate surface area is 201 Å². The number of thiophene rings is 1. The number of aryl methyl sites for hydroxylation is 2. The number of aromatic nitrogens is 2.